The summed E-state index contributed by atoms with van der Waals surface area (Å²) < 4.78 is 10.9. The molecule has 1 aliphatic heterocycles. The zero-order chi connectivity index (χ0) is 19.9. The van der Waals surface area contributed by atoms with Gasteiger partial charge in [-0.1, -0.05) is 37.8 Å². The van der Waals surface area contributed by atoms with E-state index < -0.39 is 0 Å². The fourth-order valence-corrected chi connectivity index (χ4v) is 3.44. The molecule has 28 heavy (non-hydrogen) atoms. The van der Waals surface area contributed by atoms with Crippen LogP contribution in [-0.4, -0.2) is 24.8 Å². The molecule has 1 aliphatic rings. The molecule has 1 saturated heterocycles. The second-order valence-electron chi connectivity index (χ2n) is 6.01. The highest BCUT2D eigenvalue weighted by molar-refractivity contribution is 8.18. The van der Waals surface area contributed by atoms with Crippen LogP contribution < -0.4 is 14.8 Å². The van der Waals surface area contributed by atoms with Gasteiger partial charge in [0.25, 0.3) is 5.91 Å². The number of amidine groups is 1. The van der Waals surface area contributed by atoms with Gasteiger partial charge in [0.05, 0.1) is 17.7 Å². The van der Waals surface area contributed by atoms with Gasteiger partial charge in [0.1, 0.15) is 6.61 Å². The van der Waals surface area contributed by atoms with E-state index in [0.29, 0.717) is 28.2 Å². The number of nitrogens with one attached hydrogen (secondary N) is 1. The smallest absolute Gasteiger partial charge is 0.264 e. The van der Waals surface area contributed by atoms with E-state index in [1.807, 2.05) is 48.5 Å². The molecular formula is C22H22N2O3S. The number of ether oxygens (including phenoxy) is 2. The number of aliphatic imine (C=N–C) groups is 1. The normalized spacial score (nSPS) is 16.3. The zero-order valence-corrected chi connectivity index (χ0v) is 16.7. The van der Waals surface area contributed by atoms with Crippen molar-refractivity contribution in [3.63, 3.8) is 0 Å². The Bertz CT molecular complexity index is 933. The van der Waals surface area contributed by atoms with Gasteiger partial charge >= 0.3 is 0 Å². The van der Waals surface area contributed by atoms with Gasteiger partial charge in [-0.05, 0) is 59.7 Å². The first-order valence-electron chi connectivity index (χ1n) is 8.93. The molecule has 144 valence electrons. The van der Waals surface area contributed by atoms with Gasteiger partial charge in [0.15, 0.2) is 16.7 Å². The van der Waals surface area contributed by atoms with Gasteiger partial charge in [-0.3, -0.25) is 4.79 Å². The number of carbonyl (C=O) groups is 1. The molecule has 0 spiro atoms. The lowest BCUT2D eigenvalue weighted by molar-refractivity contribution is -0.115. The van der Waals surface area contributed by atoms with Crippen LogP contribution >= 0.6 is 11.8 Å². The predicted molar refractivity (Wildman–Crippen MR) is 115 cm³/mol. The van der Waals surface area contributed by atoms with Gasteiger partial charge in [0, 0.05) is 0 Å². The fourth-order valence-electron chi connectivity index (χ4n) is 2.60. The van der Waals surface area contributed by atoms with E-state index in [-0.39, 0.29) is 5.91 Å². The van der Waals surface area contributed by atoms with Crippen molar-refractivity contribution in [1.82, 2.24) is 5.32 Å². The first kappa shape index (κ1) is 19.8. The lowest BCUT2D eigenvalue weighted by atomic mass is 10.2. The Morgan fingerprint density at radius 1 is 1.18 bits per heavy atom. The largest absolute Gasteiger partial charge is 0.493 e. The maximum absolute atomic E-state index is 12.3. The average Bonchev–Trinajstić information content (AvgIpc) is 3.06. The summed E-state index contributed by atoms with van der Waals surface area (Å²) in [5.41, 5.74) is 2.91. The van der Waals surface area contributed by atoms with Crippen molar-refractivity contribution in [1.29, 1.82) is 0 Å². The summed E-state index contributed by atoms with van der Waals surface area (Å²) in [6, 6.07) is 13.5. The van der Waals surface area contributed by atoms with Crippen LogP contribution in [0.3, 0.4) is 0 Å². The first-order chi connectivity index (χ1) is 13.6. The third kappa shape index (κ3) is 4.84. The number of rotatable bonds is 7. The second kappa shape index (κ2) is 9.28. The zero-order valence-electron chi connectivity index (χ0n) is 15.9. The van der Waals surface area contributed by atoms with Crippen LogP contribution in [0.4, 0.5) is 5.69 Å². The van der Waals surface area contributed by atoms with Crippen LogP contribution in [0.15, 0.2) is 65.0 Å². The van der Waals surface area contributed by atoms with E-state index in [1.165, 1.54) is 17.3 Å². The molecule has 0 unspecified atom stereocenters. The summed E-state index contributed by atoms with van der Waals surface area (Å²) in [4.78, 5) is 17.4. The maximum atomic E-state index is 12.3. The third-order valence-electron chi connectivity index (χ3n) is 4.07. The summed E-state index contributed by atoms with van der Waals surface area (Å²) in [6.07, 6.45) is 4.46. The van der Waals surface area contributed by atoms with Crippen molar-refractivity contribution in [2.75, 3.05) is 13.7 Å². The van der Waals surface area contributed by atoms with Crippen molar-refractivity contribution < 1.29 is 14.3 Å². The van der Waals surface area contributed by atoms with Gasteiger partial charge < -0.3 is 14.8 Å². The van der Waals surface area contributed by atoms with Crippen molar-refractivity contribution >= 4 is 34.6 Å². The molecule has 0 aliphatic carbocycles. The van der Waals surface area contributed by atoms with E-state index in [1.54, 1.807) is 13.2 Å². The molecule has 0 radical (unpaired) electrons. The van der Waals surface area contributed by atoms with E-state index in [2.05, 4.69) is 23.8 Å². The lowest BCUT2D eigenvalue weighted by Gasteiger charge is -2.09. The molecule has 1 heterocycles. The number of thioether (sulfide) groups is 1. The van der Waals surface area contributed by atoms with Gasteiger partial charge in [-0.25, -0.2) is 4.99 Å². The molecule has 2 aromatic carbocycles. The number of methoxy groups -OCH3 is 1. The van der Waals surface area contributed by atoms with Crippen LogP contribution in [0.2, 0.25) is 0 Å². The Kier molecular flexibility index (Phi) is 6.55. The monoisotopic (exact) mass is 394 g/mol. The minimum absolute atomic E-state index is 0.167. The van der Waals surface area contributed by atoms with Gasteiger partial charge in [0.2, 0.25) is 0 Å². The highest BCUT2D eigenvalue weighted by Gasteiger charge is 2.24. The highest BCUT2D eigenvalue weighted by atomic mass is 32.2. The summed E-state index contributed by atoms with van der Waals surface area (Å²) in [6.45, 7) is 6.14. The molecular weight excluding hydrogens is 372 g/mol. The molecule has 0 aromatic heterocycles. The minimum atomic E-state index is -0.167. The standard InChI is InChI=1S/C22H22N2O3S/c1-4-12-27-18-11-8-16(13-19(18)26-3)14-20-21(25)24-22(28-20)23-17-9-6-15(5-2)7-10-17/h4,6-11,13-14H,1,5,12H2,2-3H3,(H,23,24,25)/b20-14-. The first-order valence-corrected chi connectivity index (χ1v) is 9.75. The number of hydrogen-bond donors (Lipinski definition) is 1. The van der Waals surface area contributed by atoms with Crippen LogP contribution in [0.1, 0.15) is 18.1 Å². The minimum Gasteiger partial charge on any atom is -0.493 e. The number of aryl methyl sites for hydroxylation is 1. The summed E-state index contributed by atoms with van der Waals surface area (Å²) in [5, 5.41) is 3.38. The quantitative estimate of drug-likeness (QED) is 0.546. The Labute approximate surface area is 169 Å². The van der Waals surface area contributed by atoms with Crippen LogP contribution in [0, 0.1) is 0 Å². The van der Waals surface area contributed by atoms with Crippen LogP contribution in [0.5, 0.6) is 11.5 Å². The molecule has 0 atom stereocenters. The number of nitrogens with zero attached hydrogens (tertiary/aromatic N) is 1. The predicted octanol–water partition coefficient (Wildman–Crippen LogP) is 4.71. The molecule has 2 aromatic rings. The third-order valence-corrected chi connectivity index (χ3v) is 4.98. The van der Waals surface area contributed by atoms with Crippen LogP contribution in [-0.2, 0) is 11.2 Å². The Morgan fingerprint density at radius 3 is 2.64 bits per heavy atom. The van der Waals surface area contributed by atoms with E-state index in [9.17, 15) is 4.79 Å². The average molecular weight is 394 g/mol. The van der Waals surface area contributed by atoms with Gasteiger partial charge in [-0.15, -0.1) is 0 Å². The van der Waals surface area contributed by atoms with Gasteiger partial charge in [-0.2, -0.15) is 0 Å². The molecule has 1 fully saturated rings. The molecule has 1 N–H and O–H groups in total. The molecule has 6 heteroatoms. The van der Waals surface area contributed by atoms with E-state index in [0.717, 1.165) is 17.7 Å². The Balaban J connectivity index is 1.78. The Morgan fingerprint density at radius 2 is 1.96 bits per heavy atom. The summed E-state index contributed by atoms with van der Waals surface area (Å²) in [7, 11) is 1.58. The van der Waals surface area contributed by atoms with E-state index >= 15 is 0 Å². The highest BCUT2D eigenvalue weighted by Crippen LogP contribution is 2.32. The SMILES string of the molecule is C=CCOc1ccc(/C=C2\SC(=Nc3ccc(CC)cc3)NC2=O)cc1OC. The van der Waals surface area contributed by atoms with Crippen molar-refractivity contribution in [2.45, 2.75) is 13.3 Å². The lowest BCUT2D eigenvalue weighted by Crippen LogP contribution is -2.19. The maximum Gasteiger partial charge on any atom is 0.264 e. The van der Waals surface area contributed by atoms with E-state index in [4.69, 9.17) is 9.47 Å². The molecule has 3 rings (SSSR count). The second-order valence-corrected chi connectivity index (χ2v) is 7.04. The van der Waals surface area contributed by atoms with Crippen molar-refractivity contribution in [3.05, 3.63) is 71.2 Å². The molecule has 1 amide bonds. The number of amides is 1. The van der Waals surface area contributed by atoms with Crippen molar-refractivity contribution in [2.24, 2.45) is 4.99 Å². The topological polar surface area (TPSA) is 59.9 Å². The van der Waals surface area contributed by atoms with Crippen molar-refractivity contribution in [3.8, 4) is 11.5 Å². The Hall–Kier alpha value is -2.99. The number of benzene rings is 2. The molecule has 5 nitrogen and oxygen atoms in total. The fraction of sp³-hybridized carbons (Fsp3) is 0.182. The van der Waals surface area contributed by atoms with Crippen LogP contribution in [0.25, 0.3) is 6.08 Å². The molecule has 0 bridgehead atoms. The summed E-state index contributed by atoms with van der Waals surface area (Å²) >= 11 is 1.32. The summed E-state index contributed by atoms with van der Waals surface area (Å²) in [5.74, 6) is 1.07. The number of hydrogen-bond acceptors (Lipinski definition) is 5. The molecule has 0 saturated carbocycles. The number of carbonyl (C=O) groups excluding carboxylic acids is 1.